The predicted molar refractivity (Wildman–Crippen MR) is 91.8 cm³/mol. The molecule has 126 valence electrons. The number of aliphatic hydroxyl groups is 1. The Hall–Kier alpha value is -3.25. The van der Waals surface area contributed by atoms with Crippen molar-refractivity contribution in [3.63, 3.8) is 0 Å². The van der Waals surface area contributed by atoms with Crippen LogP contribution in [0.25, 0.3) is 34.0 Å². The molecule has 0 aliphatic heterocycles. The molecule has 0 radical (unpaired) electrons. The minimum atomic E-state index is -0.235. The number of aromatic hydroxyl groups is 1. The molecule has 0 amide bonds. The fourth-order valence-electron chi connectivity index (χ4n) is 2.88. The summed E-state index contributed by atoms with van der Waals surface area (Å²) in [4.78, 5) is 7.38. The molecule has 0 aromatic carbocycles. The molecule has 3 N–H and O–H groups in total. The Labute approximate surface area is 143 Å². The van der Waals surface area contributed by atoms with Crippen LogP contribution >= 0.6 is 0 Å². The average Bonchev–Trinajstić information content (AvgIpc) is 3.37. The molecule has 0 spiro atoms. The number of furan rings is 2. The van der Waals surface area contributed by atoms with Crippen LogP contribution in [0.1, 0.15) is 11.3 Å². The highest BCUT2D eigenvalue weighted by Gasteiger charge is 2.21. The molecule has 25 heavy (non-hydrogen) atoms. The second-order valence-corrected chi connectivity index (χ2v) is 5.68. The van der Waals surface area contributed by atoms with Crippen LogP contribution in [0, 0.1) is 6.92 Å². The highest BCUT2D eigenvalue weighted by Crippen LogP contribution is 2.40. The van der Waals surface area contributed by atoms with Gasteiger partial charge in [-0.15, -0.1) is 0 Å². The van der Waals surface area contributed by atoms with E-state index in [-0.39, 0.29) is 12.4 Å². The van der Waals surface area contributed by atoms with E-state index in [2.05, 4.69) is 9.97 Å². The molecule has 4 aromatic heterocycles. The molecule has 4 aromatic rings. The van der Waals surface area contributed by atoms with E-state index >= 15 is 0 Å². The Kier molecular flexibility index (Phi) is 3.66. The second-order valence-electron chi connectivity index (χ2n) is 5.68. The van der Waals surface area contributed by atoms with Gasteiger partial charge in [0.25, 0.3) is 0 Å². The number of aliphatic hydroxyl groups excluding tert-OH is 1. The zero-order chi connectivity index (χ0) is 17.4. The molecule has 0 aliphatic carbocycles. The molecule has 0 bridgehead atoms. The predicted octanol–water partition coefficient (Wildman–Crippen LogP) is 4.10. The number of nitrogens with one attached hydrogen (secondary N) is 1. The summed E-state index contributed by atoms with van der Waals surface area (Å²) >= 11 is 0. The molecule has 0 atom stereocenters. The van der Waals surface area contributed by atoms with Crippen molar-refractivity contribution in [2.75, 3.05) is 0 Å². The van der Waals surface area contributed by atoms with Crippen LogP contribution in [-0.4, -0.2) is 20.2 Å². The van der Waals surface area contributed by atoms with E-state index < -0.39 is 0 Å². The lowest BCUT2D eigenvalue weighted by atomic mass is 10.0. The molecule has 0 saturated heterocycles. The van der Waals surface area contributed by atoms with Crippen LogP contribution in [0.5, 0.6) is 5.75 Å². The van der Waals surface area contributed by atoms with Crippen molar-refractivity contribution in [1.29, 1.82) is 0 Å². The van der Waals surface area contributed by atoms with Crippen LogP contribution in [0.3, 0.4) is 0 Å². The molecule has 6 nitrogen and oxygen atoms in total. The van der Waals surface area contributed by atoms with E-state index in [1.807, 2.05) is 18.2 Å². The van der Waals surface area contributed by atoms with Crippen LogP contribution in [0.2, 0.25) is 0 Å². The molecule has 4 rings (SSSR count). The Morgan fingerprint density at radius 3 is 2.48 bits per heavy atom. The molecule has 6 heteroatoms. The van der Waals surface area contributed by atoms with Crippen LogP contribution in [-0.2, 0) is 6.61 Å². The minimum absolute atomic E-state index is 0.0322. The number of aromatic nitrogens is 2. The molecule has 0 fully saturated rings. The highest BCUT2D eigenvalue weighted by atomic mass is 16.3. The molecule has 0 unspecified atom stereocenters. The van der Waals surface area contributed by atoms with Gasteiger partial charge in [-0.25, -0.2) is 0 Å². The van der Waals surface area contributed by atoms with Gasteiger partial charge in [0.2, 0.25) is 0 Å². The van der Waals surface area contributed by atoms with Gasteiger partial charge in [0, 0.05) is 22.9 Å². The summed E-state index contributed by atoms with van der Waals surface area (Å²) in [5, 5.41) is 20.1. The number of hydrogen-bond donors (Lipinski definition) is 3. The quantitative estimate of drug-likeness (QED) is 0.521. The van der Waals surface area contributed by atoms with Gasteiger partial charge < -0.3 is 24.0 Å². The third-order valence-electron chi connectivity index (χ3n) is 4.13. The van der Waals surface area contributed by atoms with Crippen LogP contribution in [0.15, 0.2) is 57.9 Å². The van der Waals surface area contributed by atoms with E-state index in [1.165, 1.54) is 0 Å². The first-order valence-corrected chi connectivity index (χ1v) is 7.78. The lowest BCUT2D eigenvalue weighted by Gasteiger charge is -2.09. The molecular formula is C19H16N2O4. The summed E-state index contributed by atoms with van der Waals surface area (Å²) in [6.07, 6.45) is 4.75. The SMILES string of the molecule is Cc1ncc(CO)c(-c2cc(-c3ccco3)c(-c3ccco3)[nH]2)c1O. The zero-order valence-corrected chi connectivity index (χ0v) is 13.5. The van der Waals surface area contributed by atoms with Crippen molar-refractivity contribution in [3.8, 4) is 39.8 Å². The zero-order valence-electron chi connectivity index (χ0n) is 13.5. The smallest absolute Gasteiger partial charge is 0.150 e. The number of H-pyrrole nitrogens is 1. The van der Waals surface area contributed by atoms with E-state index in [1.54, 1.807) is 37.8 Å². The summed E-state index contributed by atoms with van der Waals surface area (Å²) in [6, 6.07) is 9.16. The van der Waals surface area contributed by atoms with E-state index in [0.29, 0.717) is 34.0 Å². The number of pyridine rings is 1. The van der Waals surface area contributed by atoms with Crippen LogP contribution < -0.4 is 0 Å². The van der Waals surface area contributed by atoms with Crippen molar-refractivity contribution in [1.82, 2.24) is 9.97 Å². The van der Waals surface area contributed by atoms with Crippen molar-refractivity contribution in [2.24, 2.45) is 0 Å². The summed E-state index contributed by atoms with van der Waals surface area (Å²) in [6.45, 7) is 1.48. The van der Waals surface area contributed by atoms with Gasteiger partial charge in [-0.05, 0) is 37.3 Å². The lowest BCUT2D eigenvalue weighted by Crippen LogP contribution is -1.95. The topological polar surface area (TPSA) is 95.4 Å². The van der Waals surface area contributed by atoms with Gasteiger partial charge in [-0.1, -0.05) is 0 Å². The standard InChI is InChI=1S/C19H16N2O4/c1-11-19(23)17(12(10-22)9-20-11)14-8-13(15-4-2-6-24-15)18(21-14)16-5-3-7-25-16/h2-9,21-23H,10H2,1H3. The van der Waals surface area contributed by atoms with Crippen molar-refractivity contribution in [2.45, 2.75) is 13.5 Å². The third-order valence-corrected chi connectivity index (χ3v) is 4.13. The summed E-state index contributed by atoms with van der Waals surface area (Å²) in [5.74, 6) is 1.35. The summed E-state index contributed by atoms with van der Waals surface area (Å²) < 4.78 is 11.1. The third kappa shape index (κ3) is 2.53. The molecule has 0 saturated carbocycles. The Morgan fingerprint density at radius 1 is 1.12 bits per heavy atom. The largest absolute Gasteiger partial charge is 0.505 e. The maximum absolute atomic E-state index is 10.5. The fourth-order valence-corrected chi connectivity index (χ4v) is 2.88. The number of aromatic amines is 1. The Bertz CT molecular complexity index is 947. The maximum Gasteiger partial charge on any atom is 0.150 e. The monoisotopic (exact) mass is 336 g/mol. The number of aryl methyl sites for hydroxylation is 1. The minimum Gasteiger partial charge on any atom is -0.505 e. The van der Waals surface area contributed by atoms with Crippen molar-refractivity contribution in [3.05, 3.63) is 60.3 Å². The fraction of sp³-hybridized carbons (Fsp3) is 0.105. The van der Waals surface area contributed by atoms with Gasteiger partial charge in [0.1, 0.15) is 11.5 Å². The van der Waals surface area contributed by atoms with Crippen molar-refractivity contribution < 1.29 is 19.0 Å². The maximum atomic E-state index is 10.5. The van der Waals surface area contributed by atoms with E-state index in [4.69, 9.17) is 8.83 Å². The Balaban J connectivity index is 1.97. The first-order valence-electron chi connectivity index (χ1n) is 7.78. The van der Waals surface area contributed by atoms with Gasteiger partial charge in [0.05, 0.1) is 36.2 Å². The summed E-state index contributed by atoms with van der Waals surface area (Å²) in [7, 11) is 0. The van der Waals surface area contributed by atoms with Gasteiger partial charge in [0.15, 0.2) is 5.76 Å². The molecular weight excluding hydrogens is 320 g/mol. The van der Waals surface area contributed by atoms with E-state index in [0.717, 1.165) is 11.3 Å². The molecule has 0 aliphatic rings. The van der Waals surface area contributed by atoms with Crippen molar-refractivity contribution >= 4 is 0 Å². The van der Waals surface area contributed by atoms with Gasteiger partial charge in [-0.2, -0.15) is 0 Å². The average molecular weight is 336 g/mol. The van der Waals surface area contributed by atoms with E-state index in [9.17, 15) is 10.2 Å². The highest BCUT2D eigenvalue weighted by molar-refractivity contribution is 5.84. The normalized spacial score (nSPS) is 11.1. The van der Waals surface area contributed by atoms with Crippen LogP contribution in [0.4, 0.5) is 0 Å². The molecule has 4 heterocycles. The summed E-state index contributed by atoms with van der Waals surface area (Å²) in [5.41, 5.74) is 3.70. The first kappa shape index (κ1) is 15.3. The second kappa shape index (κ2) is 5.99. The first-order chi connectivity index (χ1) is 12.2. The number of nitrogens with zero attached hydrogens (tertiary/aromatic N) is 1. The number of rotatable bonds is 4. The Morgan fingerprint density at radius 2 is 1.84 bits per heavy atom. The lowest BCUT2D eigenvalue weighted by molar-refractivity contribution is 0.281. The number of hydrogen-bond acceptors (Lipinski definition) is 5. The van der Waals surface area contributed by atoms with Gasteiger partial charge in [-0.3, -0.25) is 4.98 Å². The van der Waals surface area contributed by atoms with Gasteiger partial charge >= 0.3 is 0 Å².